The molecule has 98 valence electrons. The summed E-state index contributed by atoms with van der Waals surface area (Å²) < 4.78 is 0. The van der Waals surface area contributed by atoms with Gasteiger partial charge in [0.2, 0.25) is 0 Å². The summed E-state index contributed by atoms with van der Waals surface area (Å²) in [4.78, 5) is 0. The summed E-state index contributed by atoms with van der Waals surface area (Å²) in [5.74, 6) is 1.42. The molecule has 0 aromatic carbocycles. The quantitative estimate of drug-likeness (QED) is 0.601. The summed E-state index contributed by atoms with van der Waals surface area (Å²) in [5, 5.41) is 4.80. The van der Waals surface area contributed by atoms with Crippen molar-refractivity contribution in [2.75, 3.05) is 7.05 Å². The molecule has 4 atom stereocenters. The van der Waals surface area contributed by atoms with Crippen molar-refractivity contribution in [3.05, 3.63) is 17.5 Å². The molecule has 2 saturated carbocycles. The Morgan fingerprint density at radius 3 is 2.41 bits per heavy atom. The fourth-order valence-corrected chi connectivity index (χ4v) is 4.79. The van der Waals surface area contributed by atoms with Crippen LogP contribution < -0.4 is 0 Å². The molecule has 0 aromatic rings. The summed E-state index contributed by atoms with van der Waals surface area (Å²) in [6.45, 7) is 11.4. The van der Waals surface area contributed by atoms with Crippen molar-refractivity contribution in [3.8, 4) is 0 Å². The lowest BCUT2D eigenvalue weighted by molar-refractivity contribution is -0.0121. The van der Waals surface area contributed by atoms with E-state index in [2.05, 4.69) is 27.4 Å². The number of nitrogens with zero attached hydrogens (tertiary/aromatic N) is 1. The van der Waals surface area contributed by atoms with Gasteiger partial charge in [-0.1, -0.05) is 45.3 Å². The minimum absolute atomic E-state index is 0.192. The Balaban J connectivity index is 2.37. The first kappa shape index (κ1) is 13.1. The topological polar surface area (TPSA) is 14.1 Å². The van der Waals surface area contributed by atoms with E-state index in [1.165, 1.54) is 44.1 Å². The Bertz CT molecular complexity index is 293. The molecule has 0 heterocycles. The van der Waals surface area contributed by atoms with Crippen LogP contribution in [-0.4, -0.2) is 12.6 Å². The maximum Gasteiger partial charge on any atom is -0.0187 e. The zero-order valence-corrected chi connectivity index (χ0v) is 12.1. The Labute approximate surface area is 107 Å². The first-order valence-electron chi connectivity index (χ1n) is 7.19. The van der Waals surface area contributed by atoms with Crippen LogP contribution in [0.4, 0.5) is 0 Å². The second kappa shape index (κ2) is 4.42. The first-order chi connectivity index (χ1) is 7.93. The average molecular weight is 234 g/mol. The van der Waals surface area contributed by atoms with E-state index < -0.39 is 0 Å². The van der Waals surface area contributed by atoms with Crippen molar-refractivity contribution in [2.45, 2.75) is 64.8 Å². The van der Waals surface area contributed by atoms with Crippen LogP contribution in [0.3, 0.4) is 0 Å². The molecule has 2 fully saturated rings. The molecule has 0 saturated heterocycles. The molecule has 0 aromatic heterocycles. The molecule has 0 spiro atoms. The van der Waals surface area contributed by atoms with E-state index in [1.807, 2.05) is 7.05 Å². The Morgan fingerprint density at radius 2 is 1.82 bits per heavy atom. The summed E-state index contributed by atoms with van der Waals surface area (Å²) in [5.41, 5.74) is 2.09. The second-order valence-corrected chi connectivity index (χ2v) is 6.91. The summed E-state index contributed by atoms with van der Waals surface area (Å²) >= 11 is 0. The molecule has 1 heteroatoms. The van der Waals surface area contributed by atoms with Gasteiger partial charge in [0.15, 0.2) is 0 Å². The average Bonchev–Trinajstić information content (AvgIpc) is 2.27. The van der Waals surface area contributed by atoms with Gasteiger partial charge >= 0.3 is 0 Å². The van der Waals surface area contributed by atoms with Crippen LogP contribution in [0.25, 0.3) is 5.32 Å². The monoisotopic (exact) mass is 234 g/mol. The van der Waals surface area contributed by atoms with Gasteiger partial charge in [0.25, 0.3) is 0 Å². The molecule has 2 rings (SSSR count). The van der Waals surface area contributed by atoms with Gasteiger partial charge in [0.05, 0.1) is 0 Å². The van der Waals surface area contributed by atoms with Crippen LogP contribution >= 0.6 is 0 Å². The molecule has 0 radical (unpaired) electrons. The smallest absolute Gasteiger partial charge is 0.0187 e. The van der Waals surface area contributed by atoms with Crippen LogP contribution in [-0.2, 0) is 0 Å². The zero-order valence-electron chi connectivity index (χ0n) is 12.1. The third-order valence-electron chi connectivity index (χ3n) is 5.66. The number of fused-ring (bicyclic) bond motifs is 1. The van der Waals surface area contributed by atoms with Gasteiger partial charge in [-0.3, -0.25) is 0 Å². The van der Waals surface area contributed by atoms with Crippen LogP contribution in [0.2, 0.25) is 0 Å². The van der Waals surface area contributed by atoms with Crippen LogP contribution in [0, 0.1) is 17.3 Å². The highest BCUT2D eigenvalue weighted by Gasteiger charge is 2.49. The first-order valence-corrected chi connectivity index (χ1v) is 7.19. The number of hydrogen-bond acceptors (Lipinski definition) is 0. The Hall–Kier alpha value is -0.300. The highest BCUT2D eigenvalue weighted by atomic mass is 15.0. The molecule has 0 bridgehead atoms. The molecule has 0 amide bonds. The third-order valence-corrected chi connectivity index (χ3v) is 5.66. The predicted octanol–water partition coefficient (Wildman–Crippen LogP) is 4.93. The minimum Gasteiger partial charge on any atom is -0.659 e. The molecule has 2 aliphatic carbocycles. The molecule has 4 unspecified atom stereocenters. The third kappa shape index (κ3) is 2.07. The van der Waals surface area contributed by atoms with Gasteiger partial charge in [0.1, 0.15) is 0 Å². The van der Waals surface area contributed by atoms with E-state index in [0.29, 0.717) is 11.3 Å². The SMILES string of the molecule is C=C(C)C1CCCC2(C)CCCC(C)([N-]C)C12. The molecule has 17 heavy (non-hydrogen) atoms. The Kier molecular flexibility index (Phi) is 3.42. The van der Waals surface area contributed by atoms with Gasteiger partial charge < -0.3 is 5.32 Å². The van der Waals surface area contributed by atoms with Gasteiger partial charge in [0, 0.05) is 0 Å². The Morgan fingerprint density at radius 1 is 1.18 bits per heavy atom. The molecule has 1 nitrogen and oxygen atoms in total. The standard InChI is InChI=1S/C16H28N/c1-12(2)13-8-6-9-15(3)10-7-11-16(4,17-5)14(13)15/h13-14H,1,6-11H2,2-5H3/q-1. The largest absolute Gasteiger partial charge is 0.659 e. The van der Waals surface area contributed by atoms with Crippen molar-refractivity contribution in [2.24, 2.45) is 17.3 Å². The number of rotatable bonds is 2. The number of allylic oxidation sites excluding steroid dienone is 1. The predicted molar refractivity (Wildman–Crippen MR) is 75.3 cm³/mol. The van der Waals surface area contributed by atoms with Gasteiger partial charge in [-0.05, 0) is 43.4 Å². The van der Waals surface area contributed by atoms with E-state index in [9.17, 15) is 0 Å². The van der Waals surface area contributed by atoms with Crippen molar-refractivity contribution in [1.29, 1.82) is 0 Å². The van der Waals surface area contributed by atoms with Crippen LogP contribution in [0.15, 0.2) is 12.2 Å². The van der Waals surface area contributed by atoms with E-state index in [4.69, 9.17) is 5.32 Å². The van der Waals surface area contributed by atoms with Crippen LogP contribution in [0.5, 0.6) is 0 Å². The van der Waals surface area contributed by atoms with Crippen molar-refractivity contribution < 1.29 is 0 Å². The molecular weight excluding hydrogens is 206 g/mol. The van der Waals surface area contributed by atoms with E-state index >= 15 is 0 Å². The summed E-state index contributed by atoms with van der Waals surface area (Å²) in [7, 11) is 2.02. The molecule has 2 aliphatic rings. The van der Waals surface area contributed by atoms with E-state index in [1.54, 1.807) is 0 Å². The lowest BCUT2D eigenvalue weighted by Gasteiger charge is -2.64. The maximum atomic E-state index is 4.80. The fraction of sp³-hybridized carbons (Fsp3) is 0.875. The van der Waals surface area contributed by atoms with Gasteiger partial charge in [-0.15, -0.1) is 5.54 Å². The maximum absolute atomic E-state index is 4.80. The van der Waals surface area contributed by atoms with Gasteiger partial charge in [-0.2, -0.15) is 7.05 Å². The lowest BCUT2D eigenvalue weighted by Crippen LogP contribution is -2.53. The lowest BCUT2D eigenvalue weighted by atomic mass is 9.50. The van der Waals surface area contributed by atoms with E-state index in [0.717, 1.165) is 5.92 Å². The zero-order chi connectivity index (χ0) is 12.7. The van der Waals surface area contributed by atoms with Gasteiger partial charge in [-0.25, -0.2) is 0 Å². The normalized spacial score (nSPS) is 46.4. The second-order valence-electron chi connectivity index (χ2n) is 6.91. The molecule has 0 N–H and O–H groups in total. The summed E-state index contributed by atoms with van der Waals surface area (Å²) in [6, 6.07) is 0. The van der Waals surface area contributed by atoms with Crippen LogP contribution in [0.1, 0.15) is 59.3 Å². The minimum atomic E-state index is 0.192. The van der Waals surface area contributed by atoms with Crippen molar-refractivity contribution in [1.82, 2.24) is 0 Å². The van der Waals surface area contributed by atoms with Crippen molar-refractivity contribution >= 4 is 0 Å². The van der Waals surface area contributed by atoms with E-state index in [-0.39, 0.29) is 5.54 Å². The number of hydrogen-bond donors (Lipinski definition) is 0. The summed E-state index contributed by atoms with van der Waals surface area (Å²) in [6.07, 6.45) is 8.13. The molecular formula is C16H28N-. The van der Waals surface area contributed by atoms with Crippen molar-refractivity contribution in [3.63, 3.8) is 0 Å². The highest BCUT2D eigenvalue weighted by molar-refractivity contribution is 5.19. The highest BCUT2D eigenvalue weighted by Crippen LogP contribution is 2.59. The fourth-order valence-electron chi connectivity index (χ4n) is 4.79. The molecule has 0 aliphatic heterocycles.